The minimum absolute atomic E-state index is 0.0184. The molecule has 5 nitrogen and oxygen atoms in total. The molecule has 0 radical (unpaired) electrons. The molecule has 1 fully saturated rings. The molecule has 0 saturated carbocycles. The monoisotopic (exact) mass is 491 g/mol. The SMILES string of the molecule is O=C(Nc1cccc2ccccc12)NC(Cc1ccccc1)C(=O)N1CCC(Cc2ccccc2)CC1. The average Bonchev–Trinajstić information content (AvgIpc) is 2.94. The highest BCUT2D eigenvalue weighted by Gasteiger charge is 2.29. The first-order valence-electron chi connectivity index (χ1n) is 13.1. The maximum Gasteiger partial charge on any atom is 0.319 e. The van der Waals surface area contributed by atoms with Crippen molar-refractivity contribution in [2.45, 2.75) is 31.7 Å². The Balaban J connectivity index is 1.25. The van der Waals surface area contributed by atoms with E-state index in [4.69, 9.17) is 0 Å². The van der Waals surface area contributed by atoms with E-state index in [1.165, 1.54) is 5.56 Å². The maximum atomic E-state index is 13.7. The number of piperidine rings is 1. The molecule has 0 aromatic heterocycles. The molecule has 1 aliphatic rings. The topological polar surface area (TPSA) is 61.4 Å². The van der Waals surface area contributed by atoms with E-state index >= 15 is 0 Å². The van der Waals surface area contributed by atoms with Crippen molar-refractivity contribution < 1.29 is 9.59 Å². The molecule has 1 aliphatic heterocycles. The molecule has 0 aliphatic carbocycles. The zero-order valence-corrected chi connectivity index (χ0v) is 21.0. The van der Waals surface area contributed by atoms with E-state index in [1.807, 2.05) is 83.8 Å². The van der Waals surface area contributed by atoms with Crippen LogP contribution in [0.15, 0.2) is 103 Å². The predicted octanol–water partition coefficient (Wildman–Crippen LogP) is 6.05. The summed E-state index contributed by atoms with van der Waals surface area (Å²) in [5, 5.41) is 7.97. The zero-order valence-electron chi connectivity index (χ0n) is 21.0. The minimum atomic E-state index is -0.636. The fourth-order valence-electron chi connectivity index (χ4n) is 5.23. The first-order chi connectivity index (χ1) is 18.2. The second kappa shape index (κ2) is 11.7. The lowest BCUT2D eigenvalue weighted by atomic mass is 9.90. The highest BCUT2D eigenvalue weighted by Crippen LogP contribution is 2.24. The van der Waals surface area contributed by atoms with Crippen LogP contribution >= 0.6 is 0 Å². The van der Waals surface area contributed by atoms with Gasteiger partial charge in [0.1, 0.15) is 6.04 Å². The van der Waals surface area contributed by atoms with Gasteiger partial charge in [0, 0.05) is 24.9 Å². The zero-order chi connectivity index (χ0) is 25.5. The smallest absolute Gasteiger partial charge is 0.319 e. The summed E-state index contributed by atoms with van der Waals surface area (Å²) < 4.78 is 0. The van der Waals surface area contributed by atoms with E-state index in [0.717, 1.165) is 41.3 Å². The fraction of sp³-hybridized carbons (Fsp3) is 0.250. The number of anilines is 1. The van der Waals surface area contributed by atoms with Gasteiger partial charge in [0.2, 0.25) is 5.91 Å². The lowest BCUT2D eigenvalue weighted by molar-refractivity contribution is -0.134. The maximum absolute atomic E-state index is 13.7. The molecule has 1 saturated heterocycles. The van der Waals surface area contributed by atoms with Gasteiger partial charge in [-0.1, -0.05) is 97.1 Å². The molecule has 4 aromatic carbocycles. The Labute approximate surface area is 218 Å². The van der Waals surface area contributed by atoms with Gasteiger partial charge < -0.3 is 15.5 Å². The van der Waals surface area contributed by atoms with Crippen molar-refractivity contribution in [3.8, 4) is 0 Å². The second-order valence-electron chi connectivity index (χ2n) is 9.83. The number of rotatable bonds is 7. The van der Waals surface area contributed by atoms with Crippen LogP contribution in [-0.2, 0) is 17.6 Å². The van der Waals surface area contributed by atoms with Crippen molar-refractivity contribution in [1.82, 2.24) is 10.2 Å². The van der Waals surface area contributed by atoms with Crippen LogP contribution < -0.4 is 10.6 Å². The molecule has 3 amide bonds. The second-order valence-corrected chi connectivity index (χ2v) is 9.83. The molecule has 1 heterocycles. The first-order valence-corrected chi connectivity index (χ1v) is 13.1. The van der Waals surface area contributed by atoms with Gasteiger partial charge in [-0.25, -0.2) is 4.79 Å². The minimum Gasteiger partial charge on any atom is -0.341 e. The molecule has 4 aromatic rings. The summed E-state index contributed by atoms with van der Waals surface area (Å²) in [5.41, 5.74) is 3.09. The Morgan fingerprint density at radius 2 is 1.38 bits per heavy atom. The van der Waals surface area contributed by atoms with Gasteiger partial charge in [-0.2, -0.15) is 0 Å². The molecule has 5 rings (SSSR count). The van der Waals surface area contributed by atoms with Crippen molar-refractivity contribution >= 4 is 28.4 Å². The first kappa shape index (κ1) is 24.6. The Morgan fingerprint density at radius 1 is 0.757 bits per heavy atom. The average molecular weight is 492 g/mol. The number of amides is 3. The Bertz CT molecular complexity index is 1330. The number of benzene rings is 4. The summed E-state index contributed by atoms with van der Waals surface area (Å²) in [6.45, 7) is 1.43. The normalized spacial score (nSPS) is 14.8. The number of urea groups is 1. The molecule has 0 bridgehead atoms. The van der Waals surface area contributed by atoms with E-state index in [9.17, 15) is 9.59 Å². The van der Waals surface area contributed by atoms with E-state index in [2.05, 4.69) is 34.9 Å². The van der Waals surface area contributed by atoms with Gasteiger partial charge in [0.15, 0.2) is 0 Å². The summed E-state index contributed by atoms with van der Waals surface area (Å²) in [7, 11) is 0. The molecule has 0 spiro atoms. The van der Waals surface area contributed by atoms with Gasteiger partial charge in [-0.05, 0) is 47.8 Å². The number of hydrogen-bond acceptors (Lipinski definition) is 2. The predicted molar refractivity (Wildman–Crippen MR) is 149 cm³/mol. The van der Waals surface area contributed by atoms with Crippen LogP contribution in [0.3, 0.4) is 0 Å². The highest BCUT2D eigenvalue weighted by molar-refractivity contribution is 6.02. The van der Waals surface area contributed by atoms with Gasteiger partial charge >= 0.3 is 6.03 Å². The number of likely N-dealkylation sites (tertiary alicyclic amines) is 1. The molecule has 1 unspecified atom stereocenters. The molecule has 2 N–H and O–H groups in total. The van der Waals surface area contributed by atoms with Gasteiger partial charge in [0.25, 0.3) is 0 Å². The molecular formula is C32H33N3O2. The van der Waals surface area contributed by atoms with Crippen LogP contribution in [0.2, 0.25) is 0 Å². The molecule has 1 atom stereocenters. The van der Waals surface area contributed by atoms with Crippen LogP contribution in [0.5, 0.6) is 0 Å². The van der Waals surface area contributed by atoms with Crippen LogP contribution in [-0.4, -0.2) is 36.0 Å². The standard InChI is InChI=1S/C32H33N3O2/c36-31(35-20-18-26(19-21-35)22-24-10-3-1-4-11-24)30(23-25-12-5-2-6-13-25)34-32(37)33-29-17-9-15-27-14-7-8-16-28(27)29/h1-17,26,30H,18-23H2,(H2,33,34,37). The number of nitrogens with one attached hydrogen (secondary N) is 2. The number of hydrogen-bond donors (Lipinski definition) is 2. The Kier molecular flexibility index (Phi) is 7.80. The van der Waals surface area contributed by atoms with E-state index in [-0.39, 0.29) is 11.9 Å². The molecule has 188 valence electrons. The largest absolute Gasteiger partial charge is 0.341 e. The third-order valence-corrected chi connectivity index (χ3v) is 7.22. The van der Waals surface area contributed by atoms with Crippen LogP contribution in [0, 0.1) is 5.92 Å². The fourth-order valence-corrected chi connectivity index (χ4v) is 5.23. The van der Waals surface area contributed by atoms with Crippen LogP contribution in [0.25, 0.3) is 10.8 Å². The van der Waals surface area contributed by atoms with Gasteiger partial charge in [0.05, 0.1) is 5.69 Å². The molecule has 37 heavy (non-hydrogen) atoms. The lowest BCUT2D eigenvalue weighted by Crippen LogP contribution is -2.52. The quantitative estimate of drug-likeness (QED) is 0.330. The summed E-state index contributed by atoms with van der Waals surface area (Å²) in [5.74, 6) is 0.553. The third kappa shape index (κ3) is 6.36. The summed E-state index contributed by atoms with van der Waals surface area (Å²) >= 11 is 0. The number of carbonyl (C=O) groups excluding carboxylic acids is 2. The van der Waals surface area contributed by atoms with E-state index in [0.29, 0.717) is 25.4 Å². The van der Waals surface area contributed by atoms with Crippen LogP contribution in [0.1, 0.15) is 24.0 Å². The summed E-state index contributed by atoms with van der Waals surface area (Å²) in [4.78, 5) is 28.7. The van der Waals surface area contributed by atoms with Crippen molar-refractivity contribution in [1.29, 1.82) is 0 Å². The van der Waals surface area contributed by atoms with Gasteiger partial charge in [-0.15, -0.1) is 0 Å². The van der Waals surface area contributed by atoms with E-state index in [1.54, 1.807) is 0 Å². The van der Waals surface area contributed by atoms with Crippen molar-refractivity contribution in [3.05, 3.63) is 114 Å². The third-order valence-electron chi connectivity index (χ3n) is 7.22. The van der Waals surface area contributed by atoms with Gasteiger partial charge in [-0.3, -0.25) is 4.79 Å². The van der Waals surface area contributed by atoms with E-state index < -0.39 is 6.04 Å². The Morgan fingerprint density at radius 3 is 2.11 bits per heavy atom. The van der Waals surface area contributed by atoms with Crippen LogP contribution in [0.4, 0.5) is 10.5 Å². The lowest BCUT2D eigenvalue weighted by Gasteiger charge is -2.34. The van der Waals surface area contributed by atoms with Crippen molar-refractivity contribution in [2.75, 3.05) is 18.4 Å². The molecule has 5 heteroatoms. The Hall–Kier alpha value is -4.12. The van der Waals surface area contributed by atoms with Crippen molar-refractivity contribution in [2.24, 2.45) is 5.92 Å². The number of carbonyl (C=O) groups is 2. The summed E-state index contributed by atoms with van der Waals surface area (Å²) in [6, 6.07) is 33.2. The number of fused-ring (bicyclic) bond motifs is 1. The van der Waals surface area contributed by atoms with Crippen molar-refractivity contribution in [3.63, 3.8) is 0 Å². The molecular weight excluding hydrogens is 458 g/mol. The summed E-state index contributed by atoms with van der Waals surface area (Å²) in [6.07, 6.45) is 3.44. The number of nitrogens with zero attached hydrogens (tertiary/aromatic N) is 1. The highest BCUT2D eigenvalue weighted by atomic mass is 16.2.